The fourth-order valence-corrected chi connectivity index (χ4v) is 2.63. The highest BCUT2D eigenvalue weighted by atomic mass is 35.5. The Bertz CT molecular complexity index is 635. The third kappa shape index (κ3) is 2.80. The van der Waals surface area contributed by atoms with Crippen molar-refractivity contribution in [1.29, 1.82) is 0 Å². The summed E-state index contributed by atoms with van der Waals surface area (Å²) in [7, 11) is 0. The van der Waals surface area contributed by atoms with Crippen molar-refractivity contribution in [3.8, 4) is 0 Å². The number of aromatic amines is 1. The van der Waals surface area contributed by atoms with Crippen molar-refractivity contribution in [2.45, 2.75) is 18.8 Å². The lowest BCUT2D eigenvalue weighted by molar-refractivity contribution is 0.458. The van der Waals surface area contributed by atoms with Crippen LogP contribution in [0.1, 0.15) is 24.3 Å². The molecule has 3 rings (SSSR count). The molecule has 2 heterocycles. The van der Waals surface area contributed by atoms with Gasteiger partial charge in [0.1, 0.15) is 5.82 Å². The summed E-state index contributed by atoms with van der Waals surface area (Å²) in [5.41, 5.74) is 1.31. The van der Waals surface area contributed by atoms with E-state index in [1.54, 1.807) is 6.07 Å². The van der Waals surface area contributed by atoms with E-state index in [1.807, 2.05) is 6.07 Å². The molecule has 19 heavy (non-hydrogen) atoms. The lowest BCUT2D eigenvalue weighted by atomic mass is 9.90. The van der Waals surface area contributed by atoms with E-state index < -0.39 is 0 Å². The molecule has 0 bridgehead atoms. The number of hydrogen-bond acceptors (Lipinski definition) is 2. The molecule has 1 aliphatic rings. The topological polar surface area (TPSA) is 44.9 Å². The number of halogens is 2. The molecule has 1 saturated heterocycles. The Kier molecular flexibility index (Phi) is 4.22. The first-order valence-electron chi connectivity index (χ1n) is 6.27. The van der Waals surface area contributed by atoms with E-state index in [1.165, 1.54) is 12.1 Å². The first-order chi connectivity index (χ1) is 8.74. The van der Waals surface area contributed by atoms with E-state index in [0.29, 0.717) is 11.4 Å². The van der Waals surface area contributed by atoms with Gasteiger partial charge in [0.05, 0.1) is 5.52 Å². The summed E-state index contributed by atoms with van der Waals surface area (Å²) in [5, 5.41) is 4.18. The van der Waals surface area contributed by atoms with E-state index in [2.05, 4.69) is 10.3 Å². The Morgan fingerprint density at radius 3 is 2.63 bits per heavy atom. The maximum absolute atomic E-state index is 13.1. The van der Waals surface area contributed by atoms with Gasteiger partial charge in [-0.25, -0.2) is 4.39 Å². The van der Waals surface area contributed by atoms with Gasteiger partial charge >= 0.3 is 0 Å². The Morgan fingerprint density at radius 1 is 1.16 bits per heavy atom. The molecule has 0 saturated carbocycles. The van der Waals surface area contributed by atoms with Crippen molar-refractivity contribution >= 4 is 23.3 Å². The summed E-state index contributed by atoms with van der Waals surface area (Å²) in [6.07, 6.45) is 1.96. The van der Waals surface area contributed by atoms with Gasteiger partial charge in [-0.1, -0.05) is 0 Å². The highest BCUT2D eigenvalue weighted by Gasteiger charge is 2.18. The standard InChI is InChI=1S/C14H15FN2O.ClH/c15-11-2-1-10-7-12(9-3-5-16-6-4-9)14(18)17-13(10)8-11;/h1-2,7-9,16H,3-6H2,(H,17,18);1H. The van der Waals surface area contributed by atoms with Crippen molar-refractivity contribution < 1.29 is 4.39 Å². The molecule has 1 aromatic carbocycles. The summed E-state index contributed by atoms with van der Waals surface area (Å²) < 4.78 is 13.1. The van der Waals surface area contributed by atoms with E-state index in [4.69, 9.17) is 0 Å². The smallest absolute Gasteiger partial charge is 0.251 e. The predicted octanol–water partition coefficient (Wildman–Crippen LogP) is 2.56. The second kappa shape index (κ2) is 5.72. The lowest BCUT2D eigenvalue weighted by Crippen LogP contribution is -2.29. The van der Waals surface area contributed by atoms with E-state index in [-0.39, 0.29) is 23.8 Å². The zero-order chi connectivity index (χ0) is 12.5. The molecule has 1 aromatic heterocycles. The van der Waals surface area contributed by atoms with Gasteiger partial charge < -0.3 is 10.3 Å². The molecule has 0 spiro atoms. The van der Waals surface area contributed by atoms with Gasteiger partial charge in [0, 0.05) is 5.56 Å². The molecule has 1 aliphatic heterocycles. The molecule has 0 amide bonds. The number of rotatable bonds is 1. The Balaban J connectivity index is 0.00000133. The third-order valence-corrected chi connectivity index (χ3v) is 3.62. The molecule has 5 heteroatoms. The quantitative estimate of drug-likeness (QED) is 0.844. The maximum atomic E-state index is 13.1. The molecular weight excluding hydrogens is 267 g/mol. The number of nitrogens with one attached hydrogen (secondary N) is 2. The van der Waals surface area contributed by atoms with Gasteiger partial charge in [-0.05, 0) is 61.5 Å². The molecule has 1 fully saturated rings. The number of fused-ring (bicyclic) bond motifs is 1. The van der Waals surface area contributed by atoms with Gasteiger partial charge in [0.25, 0.3) is 5.56 Å². The number of piperidine rings is 1. The molecule has 0 radical (unpaired) electrons. The molecule has 0 unspecified atom stereocenters. The lowest BCUT2D eigenvalue weighted by Gasteiger charge is -2.22. The van der Waals surface area contributed by atoms with Crippen LogP contribution in [0.4, 0.5) is 4.39 Å². The molecule has 0 atom stereocenters. The van der Waals surface area contributed by atoms with Crippen LogP contribution in [-0.4, -0.2) is 18.1 Å². The Morgan fingerprint density at radius 2 is 1.89 bits per heavy atom. The van der Waals surface area contributed by atoms with Gasteiger partial charge in [0.2, 0.25) is 0 Å². The molecular formula is C14H16ClFN2O. The van der Waals surface area contributed by atoms with Crippen molar-refractivity contribution in [2.75, 3.05) is 13.1 Å². The van der Waals surface area contributed by atoms with Crippen molar-refractivity contribution in [2.24, 2.45) is 0 Å². The van der Waals surface area contributed by atoms with Crippen LogP contribution in [0.15, 0.2) is 29.1 Å². The van der Waals surface area contributed by atoms with Crippen LogP contribution in [-0.2, 0) is 0 Å². The van der Waals surface area contributed by atoms with Crippen molar-refractivity contribution in [3.63, 3.8) is 0 Å². The third-order valence-electron chi connectivity index (χ3n) is 3.62. The van der Waals surface area contributed by atoms with Crippen LogP contribution in [0.3, 0.4) is 0 Å². The second-order valence-electron chi connectivity index (χ2n) is 4.81. The minimum atomic E-state index is -0.326. The van der Waals surface area contributed by atoms with Crippen LogP contribution < -0.4 is 10.9 Å². The number of hydrogen-bond donors (Lipinski definition) is 2. The minimum Gasteiger partial charge on any atom is -0.322 e. The number of H-pyrrole nitrogens is 1. The van der Waals surface area contributed by atoms with Gasteiger partial charge in [-0.15, -0.1) is 12.4 Å². The summed E-state index contributed by atoms with van der Waals surface area (Å²) >= 11 is 0. The van der Waals surface area contributed by atoms with E-state index in [9.17, 15) is 9.18 Å². The van der Waals surface area contributed by atoms with Crippen molar-refractivity contribution in [3.05, 3.63) is 46.0 Å². The summed E-state index contributed by atoms with van der Waals surface area (Å²) in [6.45, 7) is 1.90. The normalized spacial score (nSPS) is 16.3. The monoisotopic (exact) mass is 282 g/mol. The molecule has 3 nitrogen and oxygen atoms in total. The van der Waals surface area contributed by atoms with Gasteiger partial charge in [-0.2, -0.15) is 0 Å². The van der Waals surface area contributed by atoms with E-state index >= 15 is 0 Å². The fourth-order valence-electron chi connectivity index (χ4n) is 2.63. The summed E-state index contributed by atoms with van der Waals surface area (Å²) in [4.78, 5) is 14.8. The number of benzene rings is 1. The average Bonchev–Trinajstić information content (AvgIpc) is 2.39. The van der Waals surface area contributed by atoms with Crippen LogP contribution in [0, 0.1) is 5.82 Å². The predicted molar refractivity (Wildman–Crippen MR) is 76.6 cm³/mol. The highest BCUT2D eigenvalue weighted by molar-refractivity contribution is 5.85. The Hall–Kier alpha value is -1.39. The van der Waals surface area contributed by atoms with Crippen molar-refractivity contribution in [1.82, 2.24) is 10.3 Å². The van der Waals surface area contributed by atoms with Crippen LogP contribution in [0.2, 0.25) is 0 Å². The molecule has 2 aromatic rings. The number of pyridine rings is 1. The molecule has 2 N–H and O–H groups in total. The zero-order valence-corrected chi connectivity index (χ0v) is 11.2. The fraction of sp³-hybridized carbons (Fsp3) is 0.357. The molecule has 102 valence electrons. The SMILES string of the molecule is Cl.O=c1[nH]c2cc(F)ccc2cc1C1CCNCC1. The van der Waals surface area contributed by atoms with E-state index in [0.717, 1.165) is 36.9 Å². The highest BCUT2D eigenvalue weighted by Crippen LogP contribution is 2.24. The minimum absolute atomic E-state index is 0. The number of aromatic nitrogens is 1. The first-order valence-corrected chi connectivity index (χ1v) is 6.27. The van der Waals surface area contributed by atoms with Crippen LogP contribution in [0.5, 0.6) is 0 Å². The van der Waals surface area contributed by atoms with Gasteiger partial charge in [0.15, 0.2) is 0 Å². The zero-order valence-electron chi connectivity index (χ0n) is 10.4. The van der Waals surface area contributed by atoms with Crippen LogP contribution in [0.25, 0.3) is 10.9 Å². The molecule has 0 aliphatic carbocycles. The summed E-state index contributed by atoms with van der Waals surface area (Å²) in [5.74, 6) is -0.0165. The van der Waals surface area contributed by atoms with Crippen LogP contribution >= 0.6 is 12.4 Å². The Labute approximate surface area is 116 Å². The average molecular weight is 283 g/mol. The maximum Gasteiger partial charge on any atom is 0.251 e. The van der Waals surface area contributed by atoms with Gasteiger partial charge in [-0.3, -0.25) is 4.79 Å². The largest absolute Gasteiger partial charge is 0.322 e. The second-order valence-corrected chi connectivity index (χ2v) is 4.81. The first kappa shape index (κ1) is 14.0. The summed E-state index contributed by atoms with van der Waals surface area (Å²) in [6, 6.07) is 6.41.